The lowest BCUT2D eigenvalue weighted by molar-refractivity contribution is -0.150. The van der Waals surface area contributed by atoms with Gasteiger partial charge in [0.2, 0.25) is 0 Å². The number of hydrogen-bond acceptors (Lipinski definition) is 3. The minimum Gasteiger partial charge on any atom is -0.474 e. The normalized spacial score (nSPS) is 9.31. The Morgan fingerprint density at radius 3 is 2.12 bits per heavy atom. The molecule has 0 fully saturated rings. The summed E-state index contributed by atoms with van der Waals surface area (Å²) < 4.78 is 0. The molecular formula is C9H7ClN2O4. The molecule has 6 nitrogen and oxygen atoms in total. The molecule has 0 aliphatic carbocycles. The number of carbonyl (C=O) groups excluding carboxylic acids is 2. The highest BCUT2D eigenvalue weighted by Crippen LogP contribution is 2.08. The Hall–Kier alpha value is -2.08. The first-order valence-corrected chi connectivity index (χ1v) is 4.47. The van der Waals surface area contributed by atoms with Crippen LogP contribution in [0.4, 0.5) is 0 Å². The van der Waals surface area contributed by atoms with Crippen LogP contribution in [0.5, 0.6) is 0 Å². The maximum absolute atomic E-state index is 11.3. The zero-order valence-corrected chi connectivity index (χ0v) is 8.62. The van der Waals surface area contributed by atoms with Gasteiger partial charge in [-0.05, 0) is 24.3 Å². The Morgan fingerprint density at radius 1 is 1.06 bits per heavy atom. The number of amides is 2. The predicted octanol–water partition coefficient (Wildman–Crippen LogP) is 0.186. The fourth-order valence-electron chi connectivity index (χ4n) is 0.840. The molecule has 0 aliphatic heterocycles. The molecule has 2 amide bonds. The van der Waals surface area contributed by atoms with Crippen LogP contribution in [0, 0.1) is 0 Å². The molecule has 0 spiro atoms. The van der Waals surface area contributed by atoms with Crippen molar-refractivity contribution < 1.29 is 19.5 Å². The van der Waals surface area contributed by atoms with Crippen LogP contribution in [0.3, 0.4) is 0 Å². The molecule has 1 aromatic carbocycles. The van der Waals surface area contributed by atoms with Gasteiger partial charge in [-0.15, -0.1) is 0 Å². The smallest absolute Gasteiger partial charge is 0.396 e. The molecule has 0 bridgehead atoms. The summed E-state index contributed by atoms with van der Waals surface area (Å²) in [5.41, 5.74) is 3.91. The molecule has 3 N–H and O–H groups in total. The van der Waals surface area contributed by atoms with Gasteiger partial charge in [0.1, 0.15) is 0 Å². The molecule has 0 unspecified atom stereocenters. The highest BCUT2D eigenvalue weighted by molar-refractivity contribution is 6.31. The third kappa shape index (κ3) is 3.25. The van der Waals surface area contributed by atoms with E-state index in [0.29, 0.717) is 5.02 Å². The third-order valence-electron chi connectivity index (χ3n) is 1.59. The van der Waals surface area contributed by atoms with Gasteiger partial charge in [-0.1, -0.05) is 11.6 Å². The van der Waals surface area contributed by atoms with Crippen molar-refractivity contribution in [2.45, 2.75) is 0 Å². The van der Waals surface area contributed by atoms with E-state index in [0.717, 1.165) is 0 Å². The standard InChI is InChI=1S/C9H7ClN2O4/c10-6-3-1-5(2-4-6)7(13)11-12-8(14)9(15)16/h1-4H,(H,11,13)(H,12,14)(H,15,16). The SMILES string of the molecule is O=C(O)C(=O)NNC(=O)c1ccc(Cl)cc1. The molecule has 16 heavy (non-hydrogen) atoms. The Labute approximate surface area is 95.2 Å². The van der Waals surface area contributed by atoms with Gasteiger partial charge < -0.3 is 5.11 Å². The quantitative estimate of drug-likeness (QED) is 0.484. The number of carboxylic acid groups (broad SMARTS) is 1. The van der Waals surface area contributed by atoms with E-state index in [1.54, 1.807) is 5.43 Å². The summed E-state index contributed by atoms with van der Waals surface area (Å²) in [5.74, 6) is -3.63. The molecule has 0 atom stereocenters. The Kier molecular flexibility index (Phi) is 3.84. The Bertz CT molecular complexity index is 430. The minimum absolute atomic E-state index is 0.245. The maximum atomic E-state index is 11.3. The summed E-state index contributed by atoms with van der Waals surface area (Å²) in [6.07, 6.45) is 0. The first kappa shape index (κ1) is 12.0. The van der Waals surface area contributed by atoms with E-state index in [2.05, 4.69) is 0 Å². The van der Waals surface area contributed by atoms with Crippen molar-refractivity contribution in [3.05, 3.63) is 34.9 Å². The van der Waals surface area contributed by atoms with Gasteiger partial charge in [0.15, 0.2) is 0 Å². The first-order chi connectivity index (χ1) is 7.50. The first-order valence-electron chi connectivity index (χ1n) is 4.10. The summed E-state index contributed by atoms with van der Waals surface area (Å²) >= 11 is 5.61. The average molecular weight is 243 g/mol. The second kappa shape index (κ2) is 5.13. The fourth-order valence-corrected chi connectivity index (χ4v) is 0.966. The van der Waals surface area contributed by atoms with E-state index < -0.39 is 17.8 Å². The van der Waals surface area contributed by atoms with Crippen molar-refractivity contribution in [2.24, 2.45) is 0 Å². The lowest BCUT2D eigenvalue weighted by atomic mass is 10.2. The predicted molar refractivity (Wildman–Crippen MR) is 54.7 cm³/mol. The monoisotopic (exact) mass is 242 g/mol. The van der Waals surface area contributed by atoms with Crippen LogP contribution < -0.4 is 10.9 Å². The van der Waals surface area contributed by atoms with Crippen LogP contribution in [0.15, 0.2) is 24.3 Å². The number of aliphatic carboxylic acids is 1. The van der Waals surface area contributed by atoms with Crippen molar-refractivity contribution >= 4 is 29.4 Å². The van der Waals surface area contributed by atoms with Gasteiger partial charge in [-0.25, -0.2) is 4.79 Å². The van der Waals surface area contributed by atoms with E-state index in [9.17, 15) is 14.4 Å². The molecule has 0 radical (unpaired) electrons. The number of hydrogen-bond donors (Lipinski definition) is 3. The van der Waals surface area contributed by atoms with Gasteiger partial charge in [-0.3, -0.25) is 20.4 Å². The van der Waals surface area contributed by atoms with Gasteiger partial charge >= 0.3 is 11.9 Å². The second-order valence-corrected chi connectivity index (χ2v) is 3.16. The highest BCUT2D eigenvalue weighted by Gasteiger charge is 2.12. The molecule has 0 aliphatic rings. The summed E-state index contributed by atoms with van der Waals surface area (Å²) in [5, 5.41) is 8.69. The summed E-state index contributed by atoms with van der Waals surface area (Å²) in [6, 6.07) is 5.86. The van der Waals surface area contributed by atoms with Crippen LogP contribution in [-0.4, -0.2) is 22.9 Å². The molecule has 1 rings (SSSR count). The number of halogens is 1. The van der Waals surface area contributed by atoms with E-state index in [4.69, 9.17) is 16.7 Å². The fraction of sp³-hybridized carbons (Fsp3) is 0. The molecule has 0 aromatic heterocycles. The minimum atomic E-state index is -1.68. The maximum Gasteiger partial charge on any atom is 0.396 e. The van der Waals surface area contributed by atoms with E-state index >= 15 is 0 Å². The highest BCUT2D eigenvalue weighted by atomic mass is 35.5. The molecule has 0 saturated heterocycles. The Morgan fingerprint density at radius 2 is 1.62 bits per heavy atom. The van der Waals surface area contributed by atoms with Crippen LogP contribution in [0.25, 0.3) is 0 Å². The van der Waals surface area contributed by atoms with Crippen molar-refractivity contribution in [1.82, 2.24) is 10.9 Å². The molecule has 0 saturated carbocycles. The van der Waals surface area contributed by atoms with Crippen LogP contribution in [-0.2, 0) is 9.59 Å². The van der Waals surface area contributed by atoms with Crippen molar-refractivity contribution in [2.75, 3.05) is 0 Å². The van der Waals surface area contributed by atoms with Crippen molar-refractivity contribution in [3.63, 3.8) is 0 Å². The van der Waals surface area contributed by atoms with Gasteiger partial charge in [-0.2, -0.15) is 0 Å². The van der Waals surface area contributed by atoms with Gasteiger partial charge in [0, 0.05) is 10.6 Å². The topological polar surface area (TPSA) is 95.5 Å². The molecule has 0 heterocycles. The van der Waals surface area contributed by atoms with Crippen LogP contribution >= 0.6 is 11.6 Å². The number of benzene rings is 1. The molecular weight excluding hydrogens is 236 g/mol. The van der Waals surface area contributed by atoms with Gasteiger partial charge in [0.25, 0.3) is 5.91 Å². The van der Waals surface area contributed by atoms with Crippen molar-refractivity contribution in [1.29, 1.82) is 0 Å². The molecule has 7 heteroatoms. The van der Waals surface area contributed by atoms with E-state index in [-0.39, 0.29) is 5.56 Å². The number of hydrazine groups is 1. The van der Waals surface area contributed by atoms with Crippen LogP contribution in [0.1, 0.15) is 10.4 Å². The zero-order valence-electron chi connectivity index (χ0n) is 7.86. The van der Waals surface area contributed by atoms with E-state index in [1.165, 1.54) is 24.3 Å². The molecule has 84 valence electrons. The zero-order chi connectivity index (χ0) is 12.1. The lowest BCUT2D eigenvalue weighted by Crippen LogP contribution is -2.44. The summed E-state index contributed by atoms with van der Waals surface area (Å²) in [6.45, 7) is 0. The molecule has 1 aromatic rings. The second-order valence-electron chi connectivity index (χ2n) is 2.72. The van der Waals surface area contributed by atoms with Crippen LogP contribution in [0.2, 0.25) is 5.02 Å². The number of carbonyl (C=O) groups is 3. The number of carboxylic acids is 1. The number of rotatable bonds is 1. The summed E-state index contributed by atoms with van der Waals surface area (Å²) in [4.78, 5) is 32.0. The largest absolute Gasteiger partial charge is 0.474 e. The Balaban J connectivity index is 2.56. The number of nitrogens with one attached hydrogen (secondary N) is 2. The van der Waals surface area contributed by atoms with Crippen molar-refractivity contribution in [3.8, 4) is 0 Å². The third-order valence-corrected chi connectivity index (χ3v) is 1.84. The summed E-state index contributed by atoms with van der Waals surface area (Å²) in [7, 11) is 0. The average Bonchev–Trinajstić information content (AvgIpc) is 2.26. The van der Waals surface area contributed by atoms with Gasteiger partial charge in [0.05, 0.1) is 0 Å². The lowest BCUT2D eigenvalue weighted by Gasteiger charge is -2.04. The van der Waals surface area contributed by atoms with E-state index in [1.807, 2.05) is 5.43 Å².